The van der Waals surface area contributed by atoms with E-state index in [-0.39, 0.29) is 13.3 Å². The van der Waals surface area contributed by atoms with Crippen molar-refractivity contribution in [3.05, 3.63) is 53.1 Å². The molecule has 0 saturated heterocycles. The van der Waals surface area contributed by atoms with Crippen LogP contribution in [0.3, 0.4) is 0 Å². The molecule has 0 saturated carbocycles. The molecule has 1 aliphatic heterocycles. The van der Waals surface area contributed by atoms with Crippen molar-refractivity contribution in [3.63, 3.8) is 0 Å². The molecule has 8 nitrogen and oxygen atoms in total. The highest BCUT2D eigenvalue weighted by atomic mass is 16.7. The normalized spacial score (nSPS) is 12.1. The molecule has 8 heteroatoms. The van der Waals surface area contributed by atoms with E-state index in [0.717, 1.165) is 16.9 Å². The molecular weight excluding hydrogens is 350 g/mol. The van der Waals surface area contributed by atoms with E-state index in [9.17, 15) is 9.59 Å². The molecule has 1 heterocycles. The number of hydrogen-bond acceptors (Lipinski definition) is 6. The summed E-state index contributed by atoms with van der Waals surface area (Å²) in [5.74, 6) is 0.994. The highest BCUT2D eigenvalue weighted by Gasteiger charge is 2.16. The minimum atomic E-state index is -0.445. The molecule has 27 heavy (non-hydrogen) atoms. The van der Waals surface area contributed by atoms with Crippen molar-refractivity contribution in [2.75, 3.05) is 20.4 Å². The van der Waals surface area contributed by atoms with Gasteiger partial charge in [0.05, 0.1) is 19.9 Å². The average molecular weight is 369 g/mol. The molecule has 0 bridgehead atoms. The SMILES string of the molecule is COc1cc(/C=N/NC(=O)CNC(=O)c2ccc3c(c2)OCO3)ccc1C. The Morgan fingerprint density at radius 2 is 2.00 bits per heavy atom. The zero-order valence-electron chi connectivity index (χ0n) is 14.9. The molecule has 2 aromatic rings. The van der Waals surface area contributed by atoms with Gasteiger partial charge in [-0.25, -0.2) is 5.43 Å². The topological polar surface area (TPSA) is 98.2 Å². The van der Waals surface area contributed by atoms with E-state index in [1.54, 1.807) is 25.3 Å². The molecule has 2 amide bonds. The van der Waals surface area contributed by atoms with Gasteiger partial charge in [0.25, 0.3) is 11.8 Å². The maximum atomic E-state index is 12.1. The number of ether oxygens (including phenoxy) is 3. The maximum absolute atomic E-state index is 12.1. The van der Waals surface area contributed by atoms with Gasteiger partial charge in [-0.05, 0) is 42.3 Å². The number of rotatable bonds is 6. The fraction of sp³-hybridized carbons (Fsp3) is 0.211. The third-order valence-corrected chi connectivity index (χ3v) is 3.88. The number of benzene rings is 2. The van der Waals surface area contributed by atoms with Crippen molar-refractivity contribution >= 4 is 18.0 Å². The van der Waals surface area contributed by atoms with Crippen LogP contribution in [0.1, 0.15) is 21.5 Å². The number of fused-ring (bicyclic) bond motifs is 1. The van der Waals surface area contributed by atoms with Crippen molar-refractivity contribution in [2.45, 2.75) is 6.92 Å². The first-order valence-electron chi connectivity index (χ1n) is 8.21. The van der Waals surface area contributed by atoms with E-state index in [0.29, 0.717) is 17.1 Å². The van der Waals surface area contributed by atoms with E-state index in [1.807, 2.05) is 25.1 Å². The van der Waals surface area contributed by atoms with Crippen LogP contribution in [-0.2, 0) is 4.79 Å². The minimum Gasteiger partial charge on any atom is -0.496 e. The summed E-state index contributed by atoms with van der Waals surface area (Å²) < 4.78 is 15.7. The summed E-state index contributed by atoms with van der Waals surface area (Å²) in [5.41, 5.74) is 4.52. The fourth-order valence-corrected chi connectivity index (χ4v) is 2.44. The van der Waals surface area contributed by atoms with E-state index in [2.05, 4.69) is 15.8 Å². The first-order valence-corrected chi connectivity index (χ1v) is 8.21. The van der Waals surface area contributed by atoms with Crippen LogP contribution >= 0.6 is 0 Å². The molecule has 0 spiro atoms. The largest absolute Gasteiger partial charge is 0.496 e. The summed E-state index contributed by atoms with van der Waals surface area (Å²) in [7, 11) is 1.59. The lowest BCUT2D eigenvalue weighted by Crippen LogP contribution is -2.34. The van der Waals surface area contributed by atoms with E-state index in [1.165, 1.54) is 6.21 Å². The van der Waals surface area contributed by atoms with Gasteiger partial charge in [-0.2, -0.15) is 5.10 Å². The summed E-state index contributed by atoms with van der Waals surface area (Å²) in [6, 6.07) is 10.4. The van der Waals surface area contributed by atoms with Gasteiger partial charge in [0.1, 0.15) is 5.75 Å². The van der Waals surface area contributed by atoms with Crippen LogP contribution in [0, 0.1) is 6.92 Å². The first kappa shape index (κ1) is 18.2. The lowest BCUT2D eigenvalue weighted by atomic mass is 10.1. The van der Waals surface area contributed by atoms with E-state index >= 15 is 0 Å². The van der Waals surface area contributed by atoms with Crippen LogP contribution in [-0.4, -0.2) is 38.5 Å². The standard InChI is InChI=1S/C19H19N3O5/c1-12-3-4-13(7-16(12)25-2)9-21-22-18(23)10-20-19(24)14-5-6-15-17(8-14)27-11-26-15/h3-9H,10-11H2,1-2H3,(H,20,24)(H,22,23)/b21-9+. The number of nitrogens with one attached hydrogen (secondary N) is 2. The smallest absolute Gasteiger partial charge is 0.259 e. The second-order valence-corrected chi connectivity index (χ2v) is 5.77. The Hall–Kier alpha value is -3.55. The Kier molecular flexibility index (Phi) is 5.55. The van der Waals surface area contributed by atoms with Crippen LogP contribution in [0.4, 0.5) is 0 Å². The average Bonchev–Trinajstić information content (AvgIpc) is 3.15. The minimum absolute atomic E-state index is 0.133. The number of hydrazone groups is 1. The van der Waals surface area contributed by atoms with Gasteiger partial charge < -0.3 is 19.5 Å². The van der Waals surface area contributed by atoms with Gasteiger partial charge in [-0.15, -0.1) is 0 Å². The Balaban J connectivity index is 1.49. The molecule has 0 unspecified atom stereocenters. The van der Waals surface area contributed by atoms with Gasteiger partial charge in [0, 0.05) is 5.56 Å². The molecule has 0 aromatic heterocycles. The van der Waals surface area contributed by atoms with Gasteiger partial charge >= 0.3 is 0 Å². The summed E-state index contributed by atoms with van der Waals surface area (Å²) >= 11 is 0. The van der Waals surface area contributed by atoms with Crippen molar-refractivity contribution < 1.29 is 23.8 Å². The van der Waals surface area contributed by atoms with Crippen LogP contribution < -0.4 is 25.0 Å². The van der Waals surface area contributed by atoms with E-state index in [4.69, 9.17) is 14.2 Å². The zero-order valence-corrected chi connectivity index (χ0v) is 14.9. The molecule has 3 rings (SSSR count). The Morgan fingerprint density at radius 3 is 2.81 bits per heavy atom. The van der Waals surface area contributed by atoms with Gasteiger partial charge in [0.2, 0.25) is 6.79 Å². The molecular formula is C19H19N3O5. The Morgan fingerprint density at radius 1 is 1.19 bits per heavy atom. The van der Waals surface area contributed by atoms with Crippen molar-refractivity contribution in [2.24, 2.45) is 5.10 Å². The highest BCUT2D eigenvalue weighted by molar-refractivity contribution is 5.97. The predicted molar refractivity (Wildman–Crippen MR) is 98.4 cm³/mol. The van der Waals surface area contributed by atoms with Crippen molar-refractivity contribution in [1.82, 2.24) is 10.7 Å². The molecule has 0 atom stereocenters. The predicted octanol–water partition coefficient (Wildman–Crippen LogP) is 1.61. The maximum Gasteiger partial charge on any atom is 0.259 e. The molecule has 2 aromatic carbocycles. The van der Waals surface area contributed by atoms with Crippen LogP contribution in [0.15, 0.2) is 41.5 Å². The zero-order chi connectivity index (χ0) is 19.2. The molecule has 0 radical (unpaired) electrons. The fourth-order valence-electron chi connectivity index (χ4n) is 2.44. The number of nitrogens with zero attached hydrogens (tertiary/aromatic N) is 1. The Bertz CT molecular complexity index is 895. The number of hydrogen-bond donors (Lipinski definition) is 2. The molecule has 2 N–H and O–H groups in total. The van der Waals surface area contributed by atoms with Crippen molar-refractivity contribution in [1.29, 1.82) is 0 Å². The van der Waals surface area contributed by atoms with Crippen LogP contribution in [0.25, 0.3) is 0 Å². The van der Waals surface area contributed by atoms with E-state index < -0.39 is 11.8 Å². The number of carbonyl (C=O) groups excluding carboxylic acids is 2. The third-order valence-electron chi connectivity index (χ3n) is 3.88. The molecule has 0 fully saturated rings. The van der Waals surface area contributed by atoms with Gasteiger partial charge in [-0.3, -0.25) is 9.59 Å². The monoisotopic (exact) mass is 369 g/mol. The number of aryl methyl sites for hydroxylation is 1. The highest BCUT2D eigenvalue weighted by Crippen LogP contribution is 2.32. The van der Waals surface area contributed by atoms with Crippen LogP contribution in [0.5, 0.6) is 17.2 Å². The lowest BCUT2D eigenvalue weighted by Gasteiger charge is -2.06. The number of methoxy groups -OCH3 is 1. The lowest BCUT2D eigenvalue weighted by molar-refractivity contribution is -0.120. The Labute approximate surface area is 156 Å². The summed E-state index contributed by atoms with van der Waals surface area (Å²) in [6.07, 6.45) is 1.50. The van der Waals surface area contributed by atoms with Gasteiger partial charge in [0.15, 0.2) is 11.5 Å². The first-order chi connectivity index (χ1) is 13.1. The summed E-state index contributed by atoms with van der Waals surface area (Å²) in [4.78, 5) is 23.9. The second kappa shape index (κ2) is 8.22. The second-order valence-electron chi connectivity index (χ2n) is 5.77. The van der Waals surface area contributed by atoms with Crippen LogP contribution in [0.2, 0.25) is 0 Å². The number of carbonyl (C=O) groups is 2. The number of amides is 2. The molecule has 0 aliphatic carbocycles. The third kappa shape index (κ3) is 4.55. The van der Waals surface area contributed by atoms with Crippen molar-refractivity contribution in [3.8, 4) is 17.2 Å². The quantitative estimate of drug-likeness (QED) is 0.595. The summed E-state index contributed by atoms with van der Waals surface area (Å²) in [5, 5.41) is 6.40. The molecule has 1 aliphatic rings. The summed E-state index contributed by atoms with van der Waals surface area (Å²) in [6.45, 7) is 1.86. The van der Waals surface area contributed by atoms with Gasteiger partial charge in [-0.1, -0.05) is 12.1 Å². The molecule has 140 valence electrons.